The lowest BCUT2D eigenvalue weighted by Crippen LogP contribution is -2.32. The van der Waals surface area contributed by atoms with E-state index in [0.29, 0.717) is 19.8 Å². The zero-order chi connectivity index (χ0) is 24.6. The third-order valence-corrected chi connectivity index (χ3v) is 7.07. The highest BCUT2D eigenvalue weighted by Gasteiger charge is 2.33. The van der Waals surface area contributed by atoms with E-state index in [1.165, 1.54) is 0 Å². The van der Waals surface area contributed by atoms with Crippen molar-refractivity contribution in [3.05, 3.63) is 66.2 Å². The Morgan fingerprint density at radius 1 is 0.882 bits per heavy atom. The minimum absolute atomic E-state index is 0.147. The number of ether oxygens (including phenoxy) is 3. The van der Waals surface area contributed by atoms with Crippen molar-refractivity contribution < 1.29 is 19.0 Å². The highest BCUT2D eigenvalue weighted by atomic mass is 32.2. The zero-order valence-electron chi connectivity index (χ0n) is 20.9. The van der Waals surface area contributed by atoms with E-state index in [9.17, 15) is 4.79 Å². The summed E-state index contributed by atoms with van der Waals surface area (Å²) >= 11 is 1.68. The molecule has 0 heterocycles. The van der Waals surface area contributed by atoms with E-state index in [2.05, 4.69) is 27.7 Å². The lowest BCUT2D eigenvalue weighted by atomic mass is 9.86. The van der Waals surface area contributed by atoms with Crippen LogP contribution in [0.3, 0.4) is 0 Å². The Hall–Kier alpha value is -2.50. The molecule has 3 aromatic carbocycles. The zero-order valence-corrected chi connectivity index (χ0v) is 21.7. The van der Waals surface area contributed by atoms with Gasteiger partial charge in [0.2, 0.25) is 0 Å². The number of ketones is 1. The second-order valence-electron chi connectivity index (χ2n) is 9.26. The van der Waals surface area contributed by atoms with Crippen molar-refractivity contribution >= 4 is 28.3 Å². The number of fused-ring (bicyclic) bond motifs is 1. The molecule has 1 unspecified atom stereocenters. The van der Waals surface area contributed by atoms with Crippen LogP contribution in [0.4, 0.5) is 0 Å². The second-order valence-corrected chi connectivity index (χ2v) is 10.5. The second kappa shape index (κ2) is 12.3. The van der Waals surface area contributed by atoms with Crippen LogP contribution in [0, 0.1) is 5.41 Å². The smallest absolute Gasteiger partial charge is 0.176 e. The Kier molecular flexibility index (Phi) is 9.43. The number of carbonyl (C=O) groups excluding carboxylic acids is 1. The number of hydrogen-bond acceptors (Lipinski definition) is 5. The Balaban J connectivity index is 1.87. The Morgan fingerprint density at radius 3 is 2.21 bits per heavy atom. The SMILES string of the molecule is CCCOc1ccc(Oc2ccc(C(=O)C(SCCOCC)C(C)(C)C)c3ccccc23)cc1. The topological polar surface area (TPSA) is 44.8 Å². The molecule has 1 atom stereocenters. The molecule has 3 aromatic rings. The standard InChI is InChI=1S/C29H36O4S/c1-6-18-32-21-12-14-22(15-13-21)33-26-17-16-25(23-10-8-9-11-24(23)26)27(30)28(29(3,4)5)34-20-19-31-7-2/h8-17,28H,6-7,18-20H2,1-5H3. The van der Waals surface area contributed by atoms with Crippen LogP contribution in [-0.4, -0.2) is 36.6 Å². The fourth-order valence-corrected chi connectivity index (χ4v) is 4.98. The minimum Gasteiger partial charge on any atom is -0.494 e. The monoisotopic (exact) mass is 480 g/mol. The van der Waals surface area contributed by atoms with E-state index in [1.807, 2.05) is 67.6 Å². The number of carbonyl (C=O) groups is 1. The molecule has 0 aliphatic heterocycles. The summed E-state index contributed by atoms with van der Waals surface area (Å²) in [7, 11) is 0. The molecule has 182 valence electrons. The Morgan fingerprint density at radius 2 is 1.56 bits per heavy atom. The van der Waals surface area contributed by atoms with Crippen LogP contribution in [0.2, 0.25) is 0 Å². The van der Waals surface area contributed by atoms with Crippen molar-refractivity contribution in [1.82, 2.24) is 0 Å². The maximum atomic E-state index is 13.7. The average Bonchev–Trinajstić information content (AvgIpc) is 2.82. The fraction of sp³-hybridized carbons (Fsp3) is 0.414. The molecule has 5 heteroatoms. The first-order valence-electron chi connectivity index (χ1n) is 12.0. The molecule has 0 saturated carbocycles. The van der Waals surface area contributed by atoms with Gasteiger partial charge in [-0.15, -0.1) is 11.8 Å². The van der Waals surface area contributed by atoms with Gasteiger partial charge in [-0.3, -0.25) is 4.79 Å². The van der Waals surface area contributed by atoms with Crippen molar-refractivity contribution in [2.75, 3.05) is 25.6 Å². The summed E-state index contributed by atoms with van der Waals surface area (Å²) in [6.45, 7) is 12.5. The number of thioether (sulfide) groups is 1. The van der Waals surface area contributed by atoms with E-state index >= 15 is 0 Å². The molecule has 0 saturated heterocycles. The summed E-state index contributed by atoms with van der Waals surface area (Å²) in [4.78, 5) is 13.7. The molecule has 4 nitrogen and oxygen atoms in total. The van der Waals surface area contributed by atoms with Crippen LogP contribution in [0.1, 0.15) is 51.4 Å². The minimum atomic E-state index is -0.175. The van der Waals surface area contributed by atoms with Gasteiger partial charge in [-0.25, -0.2) is 0 Å². The molecule has 0 N–H and O–H groups in total. The first kappa shape index (κ1) is 26.1. The van der Waals surface area contributed by atoms with E-state index in [1.54, 1.807) is 11.8 Å². The summed E-state index contributed by atoms with van der Waals surface area (Å²) in [6.07, 6.45) is 0.969. The fourth-order valence-electron chi connectivity index (χ4n) is 3.76. The van der Waals surface area contributed by atoms with Crippen LogP contribution in [0.25, 0.3) is 10.8 Å². The number of hydrogen-bond donors (Lipinski definition) is 0. The molecular formula is C29H36O4S. The molecule has 0 amide bonds. The Labute approximate surface area is 208 Å². The normalized spacial score (nSPS) is 12.5. The predicted octanol–water partition coefficient (Wildman–Crippen LogP) is 7.79. The van der Waals surface area contributed by atoms with Crippen molar-refractivity contribution in [1.29, 1.82) is 0 Å². The van der Waals surface area contributed by atoms with Gasteiger partial charge in [-0.1, -0.05) is 52.0 Å². The summed E-state index contributed by atoms with van der Waals surface area (Å²) in [6, 6.07) is 19.4. The summed E-state index contributed by atoms with van der Waals surface area (Å²) in [5.41, 5.74) is 0.557. The highest BCUT2D eigenvalue weighted by molar-refractivity contribution is 8.00. The van der Waals surface area contributed by atoms with Gasteiger partial charge < -0.3 is 14.2 Å². The number of benzene rings is 3. The van der Waals surface area contributed by atoms with Gasteiger partial charge in [-0.05, 0) is 60.5 Å². The molecule has 0 spiro atoms. The van der Waals surface area contributed by atoms with Crippen LogP contribution in [0.5, 0.6) is 17.2 Å². The van der Waals surface area contributed by atoms with Crippen LogP contribution >= 0.6 is 11.8 Å². The van der Waals surface area contributed by atoms with Gasteiger partial charge in [0.1, 0.15) is 17.2 Å². The first-order chi connectivity index (χ1) is 16.3. The van der Waals surface area contributed by atoms with Crippen LogP contribution < -0.4 is 9.47 Å². The van der Waals surface area contributed by atoms with Gasteiger partial charge >= 0.3 is 0 Å². The molecule has 34 heavy (non-hydrogen) atoms. The maximum absolute atomic E-state index is 13.7. The van der Waals surface area contributed by atoms with E-state index in [0.717, 1.165) is 45.8 Å². The first-order valence-corrected chi connectivity index (χ1v) is 13.1. The number of rotatable bonds is 12. The molecule has 0 aromatic heterocycles. The molecule has 0 radical (unpaired) electrons. The summed E-state index contributed by atoms with van der Waals surface area (Å²) in [5.74, 6) is 3.22. The molecule has 0 aliphatic rings. The quantitative estimate of drug-likeness (QED) is 0.195. The lowest BCUT2D eigenvalue weighted by Gasteiger charge is -2.29. The average molecular weight is 481 g/mol. The third-order valence-electron chi connectivity index (χ3n) is 5.41. The van der Waals surface area contributed by atoms with Gasteiger partial charge in [0.15, 0.2) is 5.78 Å². The van der Waals surface area contributed by atoms with Crippen molar-refractivity contribution in [2.45, 2.75) is 46.3 Å². The lowest BCUT2D eigenvalue weighted by molar-refractivity contribution is 0.0952. The predicted molar refractivity (Wildman–Crippen MR) is 143 cm³/mol. The molecule has 3 rings (SSSR count). The summed E-state index contributed by atoms with van der Waals surface area (Å²) in [5, 5.41) is 1.66. The van der Waals surface area contributed by atoms with Crippen molar-refractivity contribution in [3.8, 4) is 17.2 Å². The van der Waals surface area contributed by atoms with Crippen LogP contribution in [0.15, 0.2) is 60.7 Å². The van der Waals surface area contributed by atoms with Crippen LogP contribution in [-0.2, 0) is 4.74 Å². The van der Waals surface area contributed by atoms with Gasteiger partial charge in [0, 0.05) is 23.3 Å². The van der Waals surface area contributed by atoms with E-state index in [-0.39, 0.29) is 16.4 Å². The van der Waals surface area contributed by atoms with E-state index < -0.39 is 0 Å². The molecular weight excluding hydrogens is 444 g/mol. The van der Waals surface area contributed by atoms with Crippen molar-refractivity contribution in [2.24, 2.45) is 5.41 Å². The van der Waals surface area contributed by atoms with Gasteiger partial charge in [0.05, 0.1) is 18.5 Å². The largest absolute Gasteiger partial charge is 0.494 e. The van der Waals surface area contributed by atoms with Crippen molar-refractivity contribution in [3.63, 3.8) is 0 Å². The number of Topliss-reactive ketones (excluding diaryl/α,β-unsaturated/α-hetero) is 1. The highest BCUT2D eigenvalue weighted by Crippen LogP contribution is 2.37. The Bertz CT molecular complexity index is 1070. The maximum Gasteiger partial charge on any atom is 0.176 e. The van der Waals surface area contributed by atoms with Gasteiger partial charge in [0.25, 0.3) is 0 Å². The third kappa shape index (κ3) is 6.77. The van der Waals surface area contributed by atoms with Gasteiger partial charge in [-0.2, -0.15) is 0 Å². The molecule has 0 aliphatic carbocycles. The summed E-state index contributed by atoms with van der Waals surface area (Å²) < 4.78 is 17.4. The molecule has 0 bridgehead atoms. The van der Waals surface area contributed by atoms with E-state index in [4.69, 9.17) is 14.2 Å². The molecule has 0 fully saturated rings.